The number of fused-ring (bicyclic) bond motifs is 2. The lowest BCUT2D eigenvalue weighted by atomic mass is 9.83. The number of rotatable bonds is 0. The lowest BCUT2D eigenvalue weighted by molar-refractivity contribution is 0.0570. The average Bonchev–Trinajstić information content (AvgIpc) is 1.92. The first kappa shape index (κ1) is 13.5. The van der Waals surface area contributed by atoms with Crippen molar-refractivity contribution in [3.8, 4) is 0 Å². The Morgan fingerprint density at radius 3 is 2.00 bits per heavy atom. The van der Waals surface area contributed by atoms with Crippen molar-refractivity contribution < 1.29 is 0 Å². The van der Waals surface area contributed by atoms with Gasteiger partial charge in [-0.2, -0.15) is 0 Å². The molecule has 2 heterocycles. The van der Waals surface area contributed by atoms with Crippen LogP contribution in [0, 0.1) is 0 Å². The summed E-state index contributed by atoms with van der Waals surface area (Å²) in [6.45, 7) is 0. The highest BCUT2D eigenvalue weighted by molar-refractivity contribution is 5.85. The summed E-state index contributed by atoms with van der Waals surface area (Å²) in [6, 6.07) is 2.09. The van der Waals surface area contributed by atoms with Gasteiger partial charge in [-0.1, -0.05) is 6.42 Å². The zero-order chi connectivity index (χ0) is 7.84. The van der Waals surface area contributed by atoms with E-state index < -0.39 is 0 Å². The van der Waals surface area contributed by atoms with Crippen molar-refractivity contribution in [1.82, 2.24) is 4.90 Å². The summed E-state index contributed by atoms with van der Waals surface area (Å²) < 4.78 is 0. The van der Waals surface area contributed by atoms with Crippen molar-refractivity contribution in [2.75, 3.05) is 7.05 Å². The largest absolute Gasteiger partial charge is 0.328 e. The van der Waals surface area contributed by atoms with Crippen LogP contribution in [0.5, 0.6) is 0 Å². The maximum absolute atomic E-state index is 5.96. The smallest absolute Gasteiger partial charge is 0.0110 e. The molecular formula is C9H20Cl2N2. The third-order valence-electron chi connectivity index (χ3n) is 3.38. The van der Waals surface area contributed by atoms with Gasteiger partial charge in [0.1, 0.15) is 0 Å². The van der Waals surface area contributed by atoms with Crippen molar-refractivity contribution in [1.29, 1.82) is 0 Å². The van der Waals surface area contributed by atoms with Crippen LogP contribution >= 0.6 is 24.8 Å². The molecule has 0 amide bonds. The van der Waals surface area contributed by atoms with E-state index in [4.69, 9.17) is 5.73 Å². The number of nitrogens with two attached hydrogens (primary N) is 1. The maximum atomic E-state index is 5.96. The zero-order valence-corrected chi connectivity index (χ0v) is 9.74. The summed E-state index contributed by atoms with van der Waals surface area (Å²) >= 11 is 0. The van der Waals surface area contributed by atoms with Crippen molar-refractivity contribution >= 4 is 24.8 Å². The van der Waals surface area contributed by atoms with E-state index >= 15 is 0 Å². The molecule has 13 heavy (non-hydrogen) atoms. The fourth-order valence-electron chi connectivity index (χ4n) is 2.66. The van der Waals surface area contributed by atoms with Gasteiger partial charge in [-0.3, -0.25) is 0 Å². The van der Waals surface area contributed by atoms with Gasteiger partial charge < -0.3 is 10.6 Å². The second kappa shape index (κ2) is 5.40. The van der Waals surface area contributed by atoms with Crippen LogP contribution in [0.15, 0.2) is 0 Å². The molecule has 4 heteroatoms. The molecule has 0 aromatic heterocycles. The minimum absolute atomic E-state index is 0. The maximum Gasteiger partial charge on any atom is 0.0110 e. The molecule has 0 saturated carbocycles. The highest BCUT2D eigenvalue weighted by Gasteiger charge is 2.34. The molecule has 2 fully saturated rings. The molecule has 0 aromatic rings. The number of nitrogens with zero attached hydrogens (tertiary/aromatic N) is 1. The highest BCUT2D eigenvalue weighted by atomic mass is 35.5. The monoisotopic (exact) mass is 226 g/mol. The van der Waals surface area contributed by atoms with E-state index in [-0.39, 0.29) is 24.8 Å². The third kappa shape index (κ3) is 2.72. The molecule has 2 nitrogen and oxygen atoms in total. The molecule has 0 aliphatic carbocycles. The summed E-state index contributed by atoms with van der Waals surface area (Å²) in [5, 5.41) is 0. The predicted molar refractivity (Wildman–Crippen MR) is 60.9 cm³/mol. The summed E-state index contributed by atoms with van der Waals surface area (Å²) in [7, 11) is 2.26. The van der Waals surface area contributed by atoms with Crippen LogP contribution in [0.4, 0.5) is 0 Å². The van der Waals surface area contributed by atoms with E-state index in [0.717, 1.165) is 12.1 Å². The SMILES string of the molecule is CN1[C@@H]2CCC[C@H]1C[C@@H](N)C2.Cl.Cl. The first-order chi connectivity index (χ1) is 5.27. The molecule has 0 radical (unpaired) electrons. The van der Waals surface area contributed by atoms with Gasteiger partial charge in [0.25, 0.3) is 0 Å². The summed E-state index contributed by atoms with van der Waals surface area (Å²) in [5.74, 6) is 0. The fourth-order valence-corrected chi connectivity index (χ4v) is 2.66. The first-order valence-corrected chi connectivity index (χ1v) is 4.75. The van der Waals surface area contributed by atoms with Crippen molar-refractivity contribution in [2.24, 2.45) is 5.73 Å². The molecule has 2 aliphatic heterocycles. The van der Waals surface area contributed by atoms with Crippen molar-refractivity contribution in [2.45, 2.75) is 50.2 Å². The number of piperidine rings is 2. The zero-order valence-electron chi connectivity index (χ0n) is 8.11. The molecule has 2 bridgehead atoms. The lowest BCUT2D eigenvalue weighted by Gasteiger charge is -2.46. The molecule has 3 atom stereocenters. The molecule has 0 aromatic carbocycles. The van der Waals surface area contributed by atoms with E-state index in [1.165, 1.54) is 32.1 Å². The van der Waals surface area contributed by atoms with Gasteiger partial charge in [-0.25, -0.2) is 0 Å². The molecule has 0 unspecified atom stereocenters. The Morgan fingerprint density at radius 2 is 1.54 bits per heavy atom. The fraction of sp³-hybridized carbons (Fsp3) is 1.00. The molecule has 0 spiro atoms. The van der Waals surface area contributed by atoms with Gasteiger partial charge in [0.05, 0.1) is 0 Å². The lowest BCUT2D eigenvalue weighted by Crippen LogP contribution is -2.53. The molecule has 2 aliphatic rings. The predicted octanol–water partition coefficient (Wildman–Crippen LogP) is 1.80. The van der Waals surface area contributed by atoms with Gasteiger partial charge in [0.2, 0.25) is 0 Å². The molecule has 2 rings (SSSR count). The van der Waals surface area contributed by atoms with Crippen LogP contribution in [0.1, 0.15) is 32.1 Å². The van der Waals surface area contributed by atoms with Gasteiger partial charge in [-0.15, -0.1) is 24.8 Å². The van der Waals surface area contributed by atoms with Crippen LogP contribution in [0.2, 0.25) is 0 Å². The van der Waals surface area contributed by atoms with Crippen LogP contribution < -0.4 is 5.73 Å². The Labute approximate surface area is 93.1 Å². The van der Waals surface area contributed by atoms with E-state index in [9.17, 15) is 0 Å². The number of hydrogen-bond donors (Lipinski definition) is 1. The van der Waals surface area contributed by atoms with E-state index in [2.05, 4.69) is 11.9 Å². The quantitative estimate of drug-likeness (QED) is 0.683. The minimum Gasteiger partial charge on any atom is -0.328 e. The summed E-state index contributed by atoms with van der Waals surface area (Å²) in [4.78, 5) is 2.55. The van der Waals surface area contributed by atoms with Gasteiger partial charge in [0, 0.05) is 18.1 Å². The van der Waals surface area contributed by atoms with E-state index in [1.54, 1.807) is 0 Å². The Hall–Kier alpha value is 0.500. The topological polar surface area (TPSA) is 29.3 Å². The number of halogens is 2. The Kier molecular flexibility index (Phi) is 5.61. The average molecular weight is 227 g/mol. The molecule has 2 N–H and O–H groups in total. The van der Waals surface area contributed by atoms with E-state index in [0.29, 0.717) is 6.04 Å². The summed E-state index contributed by atoms with van der Waals surface area (Å²) in [5.41, 5.74) is 5.96. The van der Waals surface area contributed by atoms with Gasteiger partial charge in [-0.05, 0) is 32.7 Å². The van der Waals surface area contributed by atoms with E-state index in [1.807, 2.05) is 0 Å². The van der Waals surface area contributed by atoms with Crippen LogP contribution in [-0.2, 0) is 0 Å². The Balaban J connectivity index is 0.000000720. The second-order valence-electron chi connectivity index (χ2n) is 4.14. The van der Waals surface area contributed by atoms with Crippen LogP contribution in [0.25, 0.3) is 0 Å². The third-order valence-corrected chi connectivity index (χ3v) is 3.38. The van der Waals surface area contributed by atoms with Crippen LogP contribution in [-0.4, -0.2) is 30.1 Å². The highest BCUT2D eigenvalue weighted by Crippen LogP contribution is 2.31. The minimum atomic E-state index is 0. The normalized spacial score (nSPS) is 38.8. The van der Waals surface area contributed by atoms with Crippen molar-refractivity contribution in [3.63, 3.8) is 0 Å². The standard InChI is InChI=1S/C9H18N2.2ClH/c1-11-8-3-2-4-9(11)6-7(10)5-8;;/h7-9H,2-6,10H2,1H3;2*1H/t7-,8+,9-;;. The second-order valence-corrected chi connectivity index (χ2v) is 4.14. The first-order valence-electron chi connectivity index (χ1n) is 4.75. The summed E-state index contributed by atoms with van der Waals surface area (Å²) in [6.07, 6.45) is 6.63. The Morgan fingerprint density at radius 1 is 1.08 bits per heavy atom. The Bertz CT molecular complexity index is 141. The molecular weight excluding hydrogens is 207 g/mol. The number of hydrogen-bond acceptors (Lipinski definition) is 2. The molecule has 80 valence electrons. The van der Waals surface area contributed by atoms with Gasteiger partial charge >= 0.3 is 0 Å². The van der Waals surface area contributed by atoms with Crippen molar-refractivity contribution in [3.05, 3.63) is 0 Å². The van der Waals surface area contributed by atoms with Crippen LogP contribution in [0.3, 0.4) is 0 Å². The molecule has 2 saturated heterocycles. The van der Waals surface area contributed by atoms with Gasteiger partial charge in [0.15, 0.2) is 0 Å².